The van der Waals surface area contributed by atoms with Crippen LogP contribution in [0, 0.1) is 0 Å². The van der Waals surface area contributed by atoms with Crippen molar-refractivity contribution in [2.24, 2.45) is 0 Å². The third-order valence-corrected chi connectivity index (χ3v) is 3.96. The Morgan fingerprint density at radius 3 is 2.76 bits per heavy atom. The number of aromatic carboxylic acids is 1. The lowest BCUT2D eigenvalue weighted by Crippen LogP contribution is -2.34. The van der Waals surface area contributed by atoms with E-state index in [0.717, 1.165) is 16.3 Å². The zero-order valence-corrected chi connectivity index (χ0v) is 12.0. The number of hydrogen-bond donors (Lipinski definition) is 1. The van der Waals surface area contributed by atoms with Crippen molar-refractivity contribution in [1.29, 1.82) is 0 Å². The van der Waals surface area contributed by atoms with Gasteiger partial charge in [-0.25, -0.2) is 9.78 Å². The number of carboxylic acids is 1. The molecule has 0 aliphatic rings. The summed E-state index contributed by atoms with van der Waals surface area (Å²) in [6.45, 7) is 0.560. The molecule has 0 aliphatic carbocycles. The predicted octanol–water partition coefficient (Wildman–Crippen LogP) is 2.84. The summed E-state index contributed by atoms with van der Waals surface area (Å²) >= 11 is 1.59. The van der Waals surface area contributed by atoms with Crippen molar-refractivity contribution < 1.29 is 14.5 Å². The van der Waals surface area contributed by atoms with E-state index >= 15 is 0 Å². The topological polar surface area (TPSA) is 54.1 Å². The number of carboxylic acid groups (broad SMARTS) is 1. The second-order valence-electron chi connectivity index (χ2n) is 4.58. The summed E-state index contributed by atoms with van der Waals surface area (Å²) in [6.07, 6.45) is 3.46. The summed E-state index contributed by atoms with van der Waals surface area (Å²) in [5, 5.41) is 12.0. The summed E-state index contributed by atoms with van der Waals surface area (Å²) in [7, 11) is 0. The van der Waals surface area contributed by atoms with Gasteiger partial charge in [0.1, 0.15) is 16.3 Å². The summed E-state index contributed by atoms with van der Waals surface area (Å²) in [6, 6.07) is 13.3. The molecule has 3 rings (SSSR count). The van der Waals surface area contributed by atoms with Crippen LogP contribution in [0.1, 0.15) is 16.1 Å². The first-order valence-electron chi connectivity index (χ1n) is 6.44. The van der Waals surface area contributed by atoms with Gasteiger partial charge < -0.3 is 5.11 Å². The molecule has 0 spiro atoms. The molecule has 104 valence electrons. The van der Waals surface area contributed by atoms with Crippen molar-refractivity contribution in [3.63, 3.8) is 0 Å². The maximum absolute atomic E-state index is 11.0. The number of nitrogens with zero attached hydrogens (tertiary/aromatic N) is 2. The minimum Gasteiger partial charge on any atom is -0.477 e. The highest BCUT2D eigenvalue weighted by Gasteiger charge is 2.12. The molecule has 1 aromatic carbocycles. The number of rotatable bonds is 4. The zero-order valence-electron chi connectivity index (χ0n) is 11.1. The van der Waals surface area contributed by atoms with E-state index < -0.39 is 5.97 Å². The van der Waals surface area contributed by atoms with E-state index in [4.69, 9.17) is 5.11 Å². The monoisotopic (exact) mass is 297 g/mol. The van der Waals surface area contributed by atoms with Crippen molar-refractivity contribution in [1.82, 2.24) is 4.98 Å². The number of aromatic nitrogens is 2. The van der Waals surface area contributed by atoms with Crippen LogP contribution in [0.25, 0.3) is 10.6 Å². The fourth-order valence-corrected chi connectivity index (χ4v) is 2.84. The SMILES string of the molecule is O=C(O)c1ccc[n+](Cc2csc(-c3ccccc3)n2)c1. The summed E-state index contributed by atoms with van der Waals surface area (Å²) in [5.41, 5.74) is 2.29. The van der Waals surface area contributed by atoms with E-state index in [-0.39, 0.29) is 5.56 Å². The number of thiazole rings is 1. The van der Waals surface area contributed by atoms with Crippen LogP contribution >= 0.6 is 11.3 Å². The summed E-state index contributed by atoms with van der Waals surface area (Å²) in [5.74, 6) is -0.924. The van der Waals surface area contributed by atoms with Gasteiger partial charge in [0.25, 0.3) is 0 Å². The lowest BCUT2D eigenvalue weighted by atomic mass is 10.2. The first-order chi connectivity index (χ1) is 10.2. The van der Waals surface area contributed by atoms with Gasteiger partial charge in [-0.3, -0.25) is 0 Å². The van der Waals surface area contributed by atoms with Crippen molar-refractivity contribution in [3.8, 4) is 10.6 Å². The standard InChI is InChI=1S/C16H12N2O2S/c19-16(20)13-7-4-8-18(9-13)10-14-11-21-15(17-14)12-5-2-1-3-6-12/h1-9,11H,10H2/p+1. The normalized spacial score (nSPS) is 10.5. The van der Waals surface area contributed by atoms with Crippen LogP contribution < -0.4 is 4.57 Å². The fraction of sp³-hybridized carbons (Fsp3) is 0.0625. The maximum Gasteiger partial charge on any atom is 0.341 e. The molecule has 3 aromatic rings. The third-order valence-electron chi connectivity index (χ3n) is 3.02. The maximum atomic E-state index is 11.0. The van der Waals surface area contributed by atoms with E-state index in [1.807, 2.05) is 46.5 Å². The van der Waals surface area contributed by atoms with Crippen LogP contribution in [0.2, 0.25) is 0 Å². The Morgan fingerprint density at radius 1 is 1.19 bits per heavy atom. The van der Waals surface area contributed by atoms with Crippen molar-refractivity contribution in [3.05, 3.63) is 71.5 Å². The van der Waals surface area contributed by atoms with Crippen LogP contribution in [0.5, 0.6) is 0 Å². The van der Waals surface area contributed by atoms with Crippen LogP contribution in [0.3, 0.4) is 0 Å². The molecule has 0 amide bonds. The van der Waals surface area contributed by atoms with Gasteiger partial charge in [0.2, 0.25) is 0 Å². The Bertz CT molecular complexity index is 769. The molecular formula is C16H13N2O2S+. The first kappa shape index (κ1) is 13.5. The van der Waals surface area contributed by atoms with Gasteiger partial charge >= 0.3 is 5.97 Å². The van der Waals surface area contributed by atoms with Gasteiger partial charge in [-0.2, -0.15) is 4.57 Å². The molecule has 0 atom stereocenters. The molecule has 5 heteroatoms. The highest BCUT2D eigenvalue weighted by Crippen LogP contribution is 2.23. The molecular weight excluding hydrogens is 284 g/mol. The highest BCUT2D eigenvalue weighted by atomic mass is 32.1. The molecule has 1 N–H and O–H groups in total. The van der Waals surface area contributed by atoms with E-state index in [2.05, 4.69) is 4.98 Å². The van der Waals surface area contributed by atoms with E-state index in [0.29, 0.717) is 6.54 Å². The molecule has 2 heterocycles. The van der Waals surface area contributed by atoms with Crippen LogP contribution in [0.15, 0.2) is 60.2 Å². The zero-order chi connectivity index (χ0) is 14.7. The molecule has 0 bridgehead atoms. The quantitative estimate of drug-likeness (QED) is 0.753. The molecule has 0 saturated carbocycles. The number of benzene rings is 1. The summed E-state index contributed by atoms with van der Waals surface area (Å²) < 4.78 is 1.83. The molecule has 0 radical (unpaired) electrons. The van der Waals surface area contributed by atoms with E-state index in [9.17, 15) is 4.79 Å². The lowest BCUT2D eigenvalue weighted by Gasteiger charge is -1.96. The minimum atomic E-state index is -0.924. The Kier molecular flexibility index (Phi) is 3.75. The van der Waals surface area contributed by atoms with Gasteiger partial charge in [-0.1, -0.05) is 30.3 Å². The average molecular weight is 297 g/mol. The molecule has 4 nitrogen and oxygen atoms in total. The smallest absolute Gasteiger partial charge is 0.341 e. The Balaban J connectivity index is 1.82. The second-order valence-corrected chi connectivity index (χ2v) is 5.44. The van der Waals surface area contributed by atoms with Crippen LogP contribution in [0.4, 0.5) is 0 Å². The van der Waals surface area contributed by atoms with Crippen molar-refractivity contribution in [2.75, 3.05) is 0 Å². The Labute approximate surface area is 126 Å². The largest absolute Gasteiger partial charge is 0.477 e. The molecule has 2 aromatic heterocycles. The van der Waals surface area contributed by atoms with Gasteiger partial charge in [-0.15, -0.1) is 11.3 Å². The highest BCUT2D eigenvalue weighted by molar-refractivity contribution is 7.13. The number of pyridine rings is 1. The summed E-state index contributed by atoms with van der Waals surface area (Å²) in [4.78, 5) is 15.6. The number of hydrogen-bond acceptors (Lipinski definition) is 3. The minimum absolute atomic E-state index is 0.274. The van der Waals surface area contributed by atoms with Gasteiger partial charge in [0, 0.05) is 17.0 Å². The second kappa shape index (κ2) is 5.85. The van der Waals surface area contributed by atoms with Crippen molar-refractivity contribution in [2.45, 2.75) is 6.54 Å². The predicted molar refractivity (Wildman–Crippen MR) is 80.2 cm³/mol. The molecule has 0 aliphatic heterocycles. The average Bonchev–Trinajstić information content (AvgIpc) is 2.97. The third kappa shape index (κ3) is 3.14. The molecule has 0 saturated heterocycles. The van der Waals surface area contributed by atoms with E-state index in [1.165, 1.54) is 0 Å². The van der Waals surface area contributed by atoms with Gasteiger partial charge in [0.15, 0.2) is 18.9 Å². The Hall–Kier alpha value is -2.53. The van der Waals surface area contributed by atoms with Crippen molar-refractivity contribution >= 4 is 17.3 Å². The molecule has 0 fully saturated rings. The van der Waals surface area contributed by atoms with Gasteiger partial charge in [0.05, 0.1) is 0 Å². The van der Waals surface area contributed by atoms with Crippen LogP contribution in [-0.4, -0.2) is 16.1 Å². The molecule has 0 unspecified atom stereocenters. The van der Waals surface area contributed by atoms with Crippen LogP contribution in [-0.2, 0) is 6.54 Å². The fourth-order valence-electron chi connectivity index (χ4n) is 2.03. The lowest BCUT2D eigenvalue weighted by molar-refractivity contribution is -0.688. The first-order valence-corrected chi connectivity index (χ1v) is 7.32. The Morgan fingerprint density at radius 2 is 2.00 bits per heavy atom. The molecule has 21 heavy (non-hydrogen) atoms. The van der Waals surface area contributed by atoms with E-state index in [1.54, 1.807) is 29.7 Å². The van der Waals surface area contributed by atoms with Gasteiger partial charge in [-0.05, 0) is 6.07 Å². The number of carbonyl (C=O) groups is 1.